The quantitative estimate of drug-likeness (QED) is 0.797. The van der Waals surface area contributed by atoms with Crippen molar-refractivity contribution >= 4 is 11.6 Å². The molecule has 0 radical (unpaired) electrons. The minimum absolute atomic E-state index is 0.0219. The first-order chi connectivity index (χ1) is 11.3. The molecule has 4 aliphatic rings. The van der Waals surface area contributed by atoms with E-state index in [1.165, 1.54) is 5.57 Å². The van der Waals surface area contributed by atoms with Gasteiger partial charge in [-0.25, -0.2) is 0 Å². The molecule has 0 bridgehead atoms. The van der Waals surface area contributed by atoms with Gasteiger partial charge >= 0.3 is 0 Å². The van der Waals surface area contributed by atoms with Crippen molar-refractivity contribution in [2.45, 2.75) is 71.8 Å². The van der Waals surface area contributed by atoms with E-state index < -0.39 is 0 Å². The first kappa shape index (κ1) is 16.5. The summed E-state index contributed by atoms with van der Waals surface area (Å²) in [4.78, 5) is 24.0. The number of hydrogen-bond donors (Lipinski definition) is 1. The van der Waals surface area contributed by atoms with Crippen LogP contribution in [0.4, 0.5) is 0 Å². The summed E-state index contributed by atoms with van der Waals surface area (Å²) < 4.78 is 0. The van der Waals surface area contributed by atoms with E-state index in [2.05, 4.69) is 13.8 Å². The normalized spacial score (nSPS) is 50.6. The molecule has 3 heteroatoms. The maximum atomic E-state index is 12.2. The minimum atomic E-state index is -0.349. The number of aliphatic hydroxyl groups is 1. The van der Waals surface area contributed by atoms with Gasteiger partial charge in [-0.3, -0.25) is 9.59 Å². The predicted molar refractivity (Wildman–Crippen MR) is 92.3 cm³/mol. The fraction of sp³-hybridized carbons (Fsp3) is 0.810. The second kappa shape index (κ2) is 5.27. The number of Topliss-reactive ketones (excluding diaryl/α,β-unsaturated/α-hetero) is 1. The Balaban J connectivity index is 1.72. The fourth-order valence-electron chi connectivity index (χ4n) is 7.35. The van der Waals surface area contributed by atoms with Crippen LogP contribution in [0.2, 0.25) is 0 Å². The Hall–Kier alpha value is -0.960. The van der Waals surface area contributed by atoms with Gasteiger partial charge in [0.25, 0.3) is 0 Å². The Kier molecular flexibility index (Phi) is 3.62. The molecule has 0 spiro atoms. The van der Waals surface area contributed by atoms with Crippen LogP contribution in [0, 0.1) is 34.5 Å². The van der Waals surface area contributed by atoms with Crippen molar-refractivity contribution in [2.75, 3.05) is 0 Å². The average molecular weight is 330 g/mol. The summed E-state index contributed by atoms with van der Waals surface area (Å²) in [6, 6.07) is 0. The lowest BCUT2D eigenvalue weighted by Gasteiger charge is -2.59. The summed E-state index contributed by atoms with van der Waals surface area (Å²) in [6.45, 7) is 6.27. The zero-order chi connectivity index (χ0) is 17.3. The molecule has 4 aliphatic carbocycles. The molecule has 3 saturated carbocycles. The number of aliphatic hydroxyl groups excluding tert-OH is 1. The Morgan fingerprint density at radius 2 is 1.96 bits per heavy atom. The number of ketones is 2. The standard InChI is InChI=1S/C21H30O3/c1-12(22)16-6-7-17-15-5-4-13-10-14(23)8-9-20(13,2)19(15)18(24)11-21(16,17)3/h10,15-19,24H,4-9,11H2,1-3H3/t15-,16+,17-,18+,19+,20+,21-/m1/s1. The lowest BCUT2D eigenvalue weighted by molar-refractivity contribution is -0.143. The molecule has 7 atom stereocenters. The largest absolute Gasteiger partial charge is 0.393 e. The van der Waals surface area contributed by atoms with Gasteiger partial charge in [0.15, 0.2) is 5.78 Å². The number of carbonyl (C=O) groups is 2. The molecule has 0 aromatic rings. The van der Waals surface area contributed by atoms with E-state index in [0.717, 1.165) is 38.5 Å². The van der Waals surface area contributed by atoms with Gasteiger partial charge in [0.2, 0.25) is 0 Å². The van der Waals surface area contributed by atoms with E-state index in [1.54, 1.807) is 6.92 Å². The van der Waals surface area contributed by atoms with E-state index in [9.17, 15) is 14.7 Å². The van der Waals surface area contributed by atoms with E-state index >= 15 is 0 Å². The molecule has 1 N–H and O–H groups in total. The SMILES string of the molecule is CC(=O)[C@@H]1CC[C@@H]2[C@H]3CCC4=CC(=O)CC[C@]4(C)[C@@H]3[C@@H](O)C[C@@]21C. The Morgan fingerprint density at radius 1 is 1.21 bits per heavy atom. The highest BCUT2D eigenvalue weighted by atomic mass is 16.3. The van der Waals surface area contributed by atoms with Crippen molar-refractivity contribution in [3.63, 3.8) is 0 Å². The third kappa shape index (κ3) is 2.06. The molecule has 0 heterocycles. The smallest absolute Gasteiger partial charge is 0.155 e. The summed E-state index contributed by atoms with van der Waals surface area (Å²) in [7, 11) is 0. The van der Waals surface area contributed by atoms with Crippen molar-refractivity contribution in [2.24, 2.45) is 34.5 Å². The first-order valence-corrected chi connectivity index (χ1v) is 9.70. The van der Waals surface area contributed by atoms with Gasteiger partial charge in [0, 0.05) is 12.3 Å². The Bertz CT molecular complexity index is 621. The van der Waals surface area contributed by atoms with Crippen LogP contribution in [0.25, 0.3) is 0 Å². The predicted octanol–water partition coefficient (Wildman–Crippen LogP) is 3.69. The van der Waals surface area contributed by atoms with Gasteiger partial charge in [0.1, 0.15) is 5.78 Å². The summed E-state index contributed by atoms with van der Waals surface area (Å²) in [5.41, 5.74) is 1.23. The van der Waals surface area contributed by atoms with Crippen LogP contribution in [0.1, 0.15) is 65.7 Å². The molecular weight excluding hydrogens is 300 g/mol. The second-order valence-electron chi connectivity index (χ2n) is 9.41. The highest BCUT2D eigenvalue weighted by molar-refractivity contribution is 5.91. The van der Waals surface area contributed by atoms with E-state index in [4.69, 9.17) is 0 Å². The van der Waals surface area contributed by atoms with Crippen molar-refractivity contribution < 1.29 is 14.7 Å². The Labute approximate surface area is 144 Å². The van der Waals surface area contributed by atoms with Gasteiger partial charge in [-0.2, -0.15) is 0 Å². The molecular formula is C21H30O3. The maximum Gasteiger partial charge on any atom is 0.155 e. The van der Waals surface area contributed by atoms with E-state index in [1.807, 2.05) is 6.08 Å². The molecule has 0 saturated heterocycles. The molecule has 0 aromatic heterocycles. The number of hydrogen-bond acceptors (Lipinski definition) is 3. The van der Waals surface area contributed by atoms with Crippen LogP contribution in [0.15, 0.2) is 11.6 Å². The van der Waals surface area contributed by atoms with Crippen molar-refractivity contribution in [1.29, 1.82) is 0 Å². The van der Waals surface area contributed by atoms with Gasteiger partial charge in [-0.05, 0) is 80.1 Å². The zero-order valence-corrected chi connectivity index (χ0v) is 15.2. The van der Waals surface area contributed by atoms with Gasteiger partial charge in [0.05, 0.1) is 6.10 Å². The van der Waals surface area contributed by atoms with E-state index in [-0.39, 0.29) is 34.6 Å². The Morgan fingerprint density at radius 3 is 2.67 bits per heavy atom. The van der Waals surface area contributed by atoms with Crippen LogP contribution in [-0.2, 0) is 9.59 Å². The first-order valence-electron chi connectivity index (χ1n) is 9.70. The van der Waals surface area contributed by atoms with Crippen LogP contribution >= 0.6 is 0 Å². The highest BCUT2D eigenvalue weighted by Crippen LogP contribution is 2.66. The third-order valence-electron chi connectivity index (χ3n) is 8.38. The van der Waals surface area contributed by atoms with Gasteiger partial charge < -0.3 is 5.11 Å². The van der Waals surface area contributed by atoms with Crippen molar-refractivity contribution in [3.8, 4) is 0 Å². The number of rotatable bonds is 1. The lowest BCUT2D eigenvalue weighted by Crippen LogP contribution is -2.56. The van der Waals surface area contributed by atoms with Crippen LogP contribution in [0.5, 0.6) is 0 Å². The second-order valence-corrected chi connectivity index (χ2v) is 9.41. The molecule has 24 heavy (non-hydrogen) atoms. The molecule has 0 unspecified atom stereocenters. The number of carbonyl (C=O) groups excluding carboxylic acids is 2. The number of fused-ring (bicyclic) bond motifs is 5. The van der Waals surface area contributed by atoms with Gasteiger partial charge in [-0.1, -0.05) is 19.4 Å². The highest BCUT2D eigenvalue weighted by Gasteiger charge is 2.62. The van der Waals surface area contributed by atoms with Crippen molar-refractivity contribution in [1.82, 2.24) is 0 Å². The lowest BCUT2D eigenvalue weighted by atomic mass is 9.46. The molecule has 3 nitrogen and oxygen atoms in total. The van der Waals surface area contributed by atoms with Gasteiger partial charge in [-0.15, -0.1) is 0 Å². The van der Waals surface area contributed by atoms with Crippen molar-refractivity contribution in [3.05, 3.63) is 11.6 Å². The minimum Gasteiger partial charge on any atom is -0.393 e. The zero-order valence-electron chi connectivity index (χ0n) is 15.2. The summed E-state index contributed by atoms with van der Waals surface area (Å²) >= 11 is 0. The molecule has 0 aliphatic heterocycles. The molecule has 4 rings (SSSR count). The monoisotopic (exact) mass is 330 g/mol. The number of allylic oxidation sites excluding steroid dienone is 1. The van der Waals surface area contributed by atoms with Crippen LogP contribution in [-0.4, -0.2) is 22.8 Å². The van der Waals surface area contributed by atoms with Crippen LogP contribution in [0.3, 0.4) is 0 Å². The van der Waals surface area contributed by atoms with E-state index in [0.29, 0.717) is 24.0 Å². The van der Waals surface area contributed by atoms with Crippen LogP contribution < -0.4 is 0 Å². The summed E-state index contributed by atoms with van der Waals surface area (Å²) in [6.07, 6.45) is 7.97. The fourth-order valence-corrected chi connectivity index (χ4v) is 7.35. The topological polar surface area (TPSA) is 54.4 Å². The molecule has 0 amide bonds. The third-order valence-corrected chi connectivity index (χ3v) is 8.38. The molecule has 132 valence electrons. The summed E-state index contributed by atoms with van der Waals surface area (Å²) in [5, 5.41) is 11.2. The molecule has 0 aromatic carbocycles. The average Bonchev–Trinajstić information content (AvgIpc) is 2.84. The summed E-state index contributed by atoms with van der Waals surface area (Å²) in [5.74, 6) is 1.99. The maximum absolute atomic E-state index is 12.2. The molecule has 3 fully saturated rings.